The Morgan fingerprint density at radius 3 is 2.72 bits per heavy atom. The summed E-state index contributed by atoms with van der Waals surface area (Å²) in [5.41, 5.74) is 2.92. The molecule has 2 aromatic carbocycles. The molecule has 1 saturated carbocycles. The summed E-state index contributed by atoms with van der Waals surface area (Å²) in [6.45, 7) is 15.5. The Kier molecular flexibility index (Phi) is 9.29. The highest BCUT2D eigenvalue weighted by atomic mass is 35.5. The lowest BCUT2D eigenvalue weighted by atomic mass is 9.81. The highest BCUT2D eigenvalue weighted by Gasteiger charge is 2.45. The van der Waals surface area contributed by atoms with Crippen molar-refractivity contribution in [3.8, 4) is 6.01 Å². The molecule has 6 rings (SSSR count). The van der Waals surface area contributed by atoms with Crippen molar-refractivity contribution in [2.75, 3.05) is 69.3 Å². The molecule has 1 amide bonds. The first kappa shape index (κ1) is 32.0. The molecule has 3 aromatic rings. The molecule has 1 aromatic heterocycles. The molecule has 0 unspecified atom stereocenters. The van der Waals surface area contributed by atoms with Crippen LogP contribution in [0.5, 0.6) is 6.01 Å². The second kappa shape index (κ2) is 13.4. The summed E-state index contributed by atoms with van der Waals surface area (Å²) < 4.78 is 32.7. The fourth-order valence-corrected chi connectivity index (χ4v) is 7.19. The van der Waals surface area contributed by atoms with Crippen LogP contribution in [0.4, 0.5) is 20.3 Å². The standard InChI is InChI=1S/C34H38ClF2N7O2/c1-4-30(45)44-14-13-43(21-25(44)19-38-2)32-26-11-12-42(29-10-6-8-24-7-5-9-27(35)31(24)29)22-28(26)39-33(40-32)46-16-15-41(3)20-23-17-34(36,37)18-23/h4-10,23,25H,1,11-22H2,3H3/t25-/m0/s1. The van der Waals surface area contributed by atoms with Crippen LogP contribution in [0.15, 0.2) is 49.1 Å². The smallest absolute Gasteiger partial charge is 0.318 e. The van der Waals surface area contributed by atoms with Crippen molar-refractivity contribution in [1.82, 2.24) is 19.8 Å². The van der Waals surface area contributed by atoms with Crippen LogP contribution >= 0.6 is 11.6 Å². The van der Waals surface area contributed by atoms with Gasteiger partial charge < -0.3 is 29.2 Å². The number of aromatic nitrogens is 2. The lowest BCUT2D eigenvalue weighted by Crippen LogP contribution is -2.56. The zero-order valence-corrected chi connectivity index (χ0v) is 26.7. The molecule has 3 heterocycles. The van der Waals surface area contributed by atoms with Gasteiger partial charge in [0.2, 0.25) is 18.4 Å². The molecular weight excluding hydrogens is 612 g/mol. The zero-order chi connectivity index (χ0) is 32.4. The van der Waals surface area contributed by atoms with E-state index in [-0.39, 0.29) is 43.3 Å². The summed E-state index contributed by atoms with van der Waals surface area (Å²) >= 11 is 6.68. The number of piperazine rings is 1. The van der Waals surface area contributed by atoms with Gasteiger partial charge in [0.1, 0.15) is 18.5 Å². The van der Waals surface area contributed by atoms with Crippen LogP contribution in [0.25, 0.3) is 15.6 Å². The quantitative estimate of drug-likeness (QED) is 0.217. The highest BCUT2D eigenvalue weighted by molar-refractivity contribution is 6.36. The number of hydrogen-bond donors (Lipinski definition) is 0. The first-order chi connectivity index (χ1) is 22.2. The molecule has 2 aliphatic heterocycles. The molecule has 0 spiro atoms. The first-order valence-electron chi connectivity index (χ1n) is 15.7. The van der Waals surface area contributed by atoms with Crippen LogP contribution in [0, 0.1) is 12.5 Å². The van der Waals surface area contributed by atoms with Gasteiger partial charge in [-0.25, -0.2) is 15.4 Å². The molecule has 1 atom stereocenters. The third-order valence-corrected chi connectivity index (χ3v) is 9.50. The van der Waals surface area contributed by atoms with Crippen LogP contribution < -0.4 is 14.5 Å². The molecule has 1 aliphatic carbocycles. The van der Waals surface area contributed by atoms with Crippen molar-refractivity contribution in [3.63, 3.8) is 0 Å². The van der Waals surface area contributed by atoms with Gasteiger partial charge in [0.05, 0.1) is 17.3 Å². The van der Waals surface area contributed by atoms with E-state index in [9.17, 15) is 13.6 Å². The number of nitrogens with zero attached hydrogens (tertiary/aromatic N) is 7. The Hall–Kier alpha value is -4.01. The van der Waals surface area contributed by atoms with Gasteiger partial charge in [-0.1, -0.05) is 42.4 Å². The predicted molar refractivity (Wildman–Crippen MR) is 176 cm³/mol. The van der Waals surface area contributed by atoms with Crippen molar-refractivity contribution in [1.29, 1.82) is 0 Å². The number of carbonyl (C=O) groups excluding carboxylic acids is 1. The Balaban J connectivity index is 1.26. The van der Waals surface area contributed by atoms with Gasteiger partial charge in [0, 0.05) is 68.7 Å². The van der Waals surface area contributed by atoms with E-state index in [0.717, 1.165) is 40.1 Å². The van der Waals surface area contributed by atoms with Gasteiger partial charge in [-0.05, 0) is 43.0 Å². The monoisotopic (exact) mass is 649 g/mol. The molecule has 3 aliphatic rings. The summed E-state index contributed by atoms with van der Waals surface area (Å²) in [7, 11) is 1.91. The number of likely N-dealkylation sites (N-methyl/N-ethyl adjacent to an activating group) is 1. The lowest BCUT2D eigenvalue weighted by molar-refractivity contribution is -0.128. The van der Waals surface area contributed by atoms with Gasteiger partial charge in [0.25, 0.3) is 0 Å². The van der Waals surface area contributed by atoms with E-state index in [2.05, 4.69) is 39.4 Å². The number of hydrogen-bond acceptors (Lipinski definition) is 7. The highest BCUT2D eigenvalue weighted by Crippen LogP contribution is 2.42. The summed E-state index contributed by atoms with van der Waals surface area (Å²) in [5, 5.41) is 2.76. The van der Waals surface area contributed by atoms with Gasteiger partial charge >= 0.3 is 6.01 Å². The van der Waals surface area contributed by atoms with Crippen molar-refractivity contribution in [2.45, 2.75) is 37.8 Å². The molecule has 242 valence electrons. The number of halogens is 3. The van der Waals surface area contributed by atoms with Crippen LogP contribution in [-0.4, -0.2) is 97.1 Å². The molecule has 1 saturated heterocycles. The molecule has 0 N–H and O–H groups in total. The molecule has 12 heteroatoms. The third-order valence-electron chi connectivity index (χ3n) is 9.19. The van der Waals surface area contributed by atoms with Crippen molar-refractivity contribution in [3.05, 3.63) is 76.8 Å². The maximum atomic E-state index is 13.3. The minimum absolute atomic E-state index is 0.00445. The van der Waals surface area contributed by atoms with E-state index >= 15 is 0 Å². The van der Waals surface area contributed by atoms with E-state index in [0.29, 0.717) is 57.3 Å². The van der Waals surface area contributed by atoms with Gasteiger partial charge in [-0.2, -0.15) is 9.97 Å². The number of benzene rings is 2. The number of alkyl halides is 2. The maximum absolute atomic E-state index is 13.3. The van der Waals surface area contributed by atoms with E-state index in [1.54, 1.807) is 4.90 Å². The number of carbonyl (C=O) groups is 1. The van der Waals surface area contributed by atoms with E-state index < -0.39 is 5.92 Å². The van der Waals surface area contributed by atoms with Crippen LogP contribution in [0.1, 0.15) is 24.1 Å². The van der Waals surface area contributed by atoms with Crippen LogP contribution in [0.2, 0.25) is 5.02 Å². The van der Waals surface area contributed by atoms with Gasteiger partial charge in [0.15, 0.2) is 0 Å². The van der Waals surface area contributed by atoms with Crippen LogP contribution in [-0.2, 0) is 17.8 Å². The summed E-state index contributed by atoms with van der Waals surface area (Å²) in [6, 6.07) is 12.0. The SMILES string of the molecule is [C-]#[N+]C[C@H]1CN(c2nc(OCCN(C)CC3CC(F)(F)C3)nc3c2CCN(c2cccc4cccc(Cl)c24)C3)CCN1C(=O)C=C. The molecular formula is C34H38ClF2N7O2. The molecule has 2 fully saturated rings. The number of rotatable bonds is 10. The zero-order valence-electron chi connectivity index (χ0n) is 26.0. The van der Waals surface area contributed by atoms with E-state index in [4.69, 9.17) is 32.9 Å². The van der Waals surface area contributed by atoms with Crippen molar-refractivity contribution < 1.29 is 18.3 Å². The predicted octanol–water partition coefficient (Wildman–Crippen LogP) is 5.32. The molecule has 9 nitrogen and oxygen atoms in total. The van der Waals surface area contributed by atoms with E-state index in [1.807, 2.05) is 30.1 Å². The fraction of sp³-hybridized carbons (Fsp3) is 0.471. The lowest BCUT2D eigenvalue weighted by Gasteiger charge is -2.41. The first-order valence-corrected chi connectivity index (χ1v) is 16.1. The number of fused-ring (bicyclic) bond motifs is 2. The Morgan fingerprint density at radius 2 is 1.98 bits per heavy atom. The second-order valence-corrected chi connectivity index (χ2v) is 12.9. The summed E-state index contributed by atoms with van der Waals surface area (Å²) in [5.74, 6) is -1.95. The summed E-state index contributed by atoms with van der Waals surface area (Å²) in [4.78, 5) is 34.1. The third kappa shape index (κ3) is 6.74. The molecule has 46 heavy (non-hydrogen) atoms. The molecule has 0 radical (unpaired) electrons. The number of anilines is 2. The van der Waals surface area contributed by atoms with Crippen molar-refractivity contribution in [2.24, 2.45) is 5.92 Å². The second-order valence-electron chi connectivity index (χ2n) is 12.5. The number of ether oxygens (including phenoxy) is 1. The Labute approximate surface area is 273 Å². The van der Waals surface area contributed by atoms with Gasteiger partial charge in [-0.3, -0.25) is 4.79 Å². The topological polar surface area (TPSA) is 69.4 Å². The fourth-order valence-electron chi connectivity index (χ4n) is 6.92. The average molecular weight is 650 g/mol. The van der Waals surface area contributed by atoms with E-state index in [1.165, 1.54) is 6.08 Å². The normalized spacial score (nSPS) is 19.5. The van der Waals surface area contributed by atoms with Crippen LogP contribution in [0.3, 0.4) is 0 Å². The number of amides is 1. The largest absolute Gasteiger partial charge is 0.462 e. The van der Waals surface area contributed by atoms with Crippen molar-refractivity contribution >= 4 is 39.8 Å². The minimum atomic E-state index is -2.53. The molecule has 0 bridgehead atoms. The summed E-state index contributed by atoms with van der Waals surface area (Å²) in [6.07, 6.45) is 1.87. The Morgan fingerprint density at radius 1 is 1.20 bits per heavy atom. The Bertz CT molecular complexity index is 1650. The van der Waals surface area contributed by atoms with Gasteiger partial charge in [-0.15, -0.1) is 0 Å². The average Bonchev–Trinajstić information content (AvgIpc) is 3.03. The minimum Gasteiger partial charge on any atom is -0.462 e. The maximum Gasteiger partial charge on any atom is 0.318 e.